The number of hydrogen-bond donors (Lipinski definition) is 0. The average molecular weight is 239 g/mol. The van der Waals surface area contributed by atoms with Crippen LogP contribution < -0.4 is 4.74 Å². The maximum atomic E-state index is 5.71. The predicted molar refractivity (Wildman–Crippen MR) is 69.5 cm³/mol. The predicted octanol–water partition coefficient (Wildman–Crippen LogP) is 3.97. The van der Waals surface area contributed by atoms with Gasteiger partial charge in [0.25, 0.3) is 0 Å². The highest BCUT2D eigenvalue weighted by Gasteiger charge is 2.11. The maximum absolute atomic E-state index is 5.71. The monoisotopic (exact) mass is 239 g/mol. The number of hydrogen-bond acceptors (Lipinski definition) is 3. The lowest BCUT2D eigenvalue weighted by atomic mass is 10.1. The highest BCUT2D eigenvalue weighted by Crippen LogP contribution is 2.24. The molecule has 0 spiro atoms. The molecule has 3 aromatic rings. The lowest BCUT2D eigenvalue weighted by molar-refractivity contribution is 0.167. The first-order valence-corrected chi connectivity index (χ1v) is 5.90. The van der Waals surface area contributed by atoms with Crippen molar-refractivity contribution in [3.63, 3.8) is 0 Å². The summed E-state index contributed by atoms with van der Waals surface area (Å²) in [6.07, 6.45) is 0.229. The SMILES string of the molecule is CC(Oc1nc2ccccc2o1)c1ccccc1. The van der Waals surface area contributed by atoms with E-state index in [1.807, 2.05) is 61.5 Å². The Kier molecular flexibility index (Phi) is 2.73. The van der Waals surface area contributed by atoms with Crippen molar-refractivity contribution in [2.45, 2.75) is 13.0 Å². The Morgan fingerprint density at radius 1 is 1.00 bits per heavy atom. The Morgan fingerprint density at radius 3 is 2.50 bits per heavy atom. The summed E-state index contributed by atoms with van der Waals surface area (Å²) in [4.78, 5) is 4.29. The number of aromatic nitrogens is 1. The molecular weight excluding hydrogens is 226 g/mol. The van der Waals surface area contributed by atoms with Crippen molar-refractivity contribution >= 4 is 11.1 Å². The van der Waals surface area contributed by atoms with Crippen LogP contribution in [-0.2, 0) is 0 Å². The van der Waals surface area contributed by atoms with Gasteiger partial charge < -0.3 is 9.15 Å². The van der Waals surface area contributed by atoms with E-state index in [9.17, 15) is 0 Å². The zero-order valence-corrected chi connectivity index (χ0v) is 10.0. The number of benzene rings is 2. The van der Waals surface area contributed by atoms with Gasteiger partial charge in [0, 0.05) is 0 Å². The van der Waals surface area contributed by atoms with Gasteiger partial charge in [0.05, 0.1) is 0 Å². The Balaban J connectivity index is 1.84. The third kappa shape index (κ3) is 2.07. The molecule has 1 heterocycles. The minimum absolute atomic E-state index is 0.0840. The number of rotatable bonds is 3. The molecular formula is C15H13NO2. The normalized spacial score (nSPS) is 12.5. The zero-order valence-electron chi connectivity index (χ0n) is 10.0. The molecule has 1 aromatic heterocycles. The summed E-state index contributed by atoms with van der Waals surface area (Å²) in [5.74, 6) is 0. The summed E-state index contributed by atoms with van der Waals surface area (Å²) in [5.41, 5.74) is 2.65. The fourth-order valence-electron chi connectivity index (χ4n) is 1.84. The molecule has 3 heteroatoms. The van der Waals surface area contributed by atoms with E-state index >= 15 is 0 Å². The average Bonchev–Trinajstić information content (AvgIpc) is 2.82. The van der Waals surface area contributed by atoms with Crippen LogP contribution in [0.4, 0.5) is 0 Å². The second-order valence-electron chi connectivity index (χ2n) is 4.12. The number of para-hydroxylation sites is 2. The topological polar surface area (TPSA) is 35.3 Å². The molecule has 0 bridgehead atoms. The molecule has 0 N–H and O–H groups in total. The molecule has 0 aliphatic rings. The van der Waals surface area contributed by atoms with Crippen LogP contribution in [0.1, 0.15) is 18.6 Å². The van der Waals surface area contributed by atoms with E-state index < -0.39 is 0 Å². The van der Waals surface area contributed by atoms with Gasteiger partial charge in [0.2, 0.25) is 0 Å². The van der Waals surface area contributed by atoms with E-state index in [1.54, 1.807) is 0 Å². The van der Waals surface area contributed by atoms with Crippen molar-refractivity contribution in [2.75, 3.05) is 0 Å². The lowest BCUT2D eigenvalue weighted by Gasteiger charge is -2.10. The molecule has 3 nitrogen and oxygen atoms in total. The molecule has 0 fully saturated rings. The molecule has 3 rings (SSSR count). The largest absolute Gasteiger partial charge is 0.442 e. The summed E-state index contributed by atoms with van der Waals surface area (Å²) >= 11 is 0. The molecule has 2 aromatic carbocycles. The van der Waals surface area contributed by atoms with Crippen LogP contribution in [-0.4, -0.2) is 4.98 Å². The summed E-state index contributed by atoms with van der Waals surface area (Å²) < 4.78 is 11.2. The molecule has 0 amide bonds. The Morgan fingerprint density at radius 2 is 1.72 bits per heavy atom. The van der Waals surface area contributed by atoms with Crippen LogP contribution in [0.2, 0.25) is 0 Å². The highest BCUT2D eigenvalue weighted by molar-refractivity contribution is 5.72. The van der Waals surface area contributed by atoms with E-state index in [4.69, 9.17) is 9.15 Å². The van der Waals surface area contributed by atoms with Gasteiger partial charge in [0.15, 0.2) is 5.58 Å². The summed E-state index contributed by atoms with van der Waals surface area (Å²) in [5, 5.41) is 0. The molecule has 0 aliphatic heterocycles. The fourth-order valence-corrected chi connectivity index (χ4v) is 1.84. The molecule has 0 saturated carbocycles. The second-order valence-corrected chi connectivity index (χ2v) is 4.12. The molecule has 0 radical (unpaired) electrons. The van der Waals surface area contributed by atoms with Gasteiger partial charge in [0.1, 0.15) is 11.6 Å². The van der Waals surface area contributed by atoms with E-state index in [-0.39, 0.29) is 6.10 Å². The van der Waals surface area contributed by atoms with Gasteiger partial charge in [-0.1, -0.05) is 42.5 Å². The molecule has 18 heavy (non-hydrogen) atoms. The van der Waals surface area contributed by atoms with Gasteiger partial charge in [-0.3, -0.25) is 0 Å². The third-order valence-corrected chi connectivity index (χ3v) is 2.82. The van der Waals surface area contributed by atoms with E-state index in [2.05, 4.69) is 4.98 Å². The van der Waals surface area contributed by atoms with Crippen molar-refractivity contribution in [1.82, 2.24) is 4.98 Å². The summed E-state index contributed by atoms with van der Waals surface area (Å²) in [7, 11) is 0. The first-order chi connectivity index (χ1) is 8.83. The number of fused-ring (bicyclic) bond motifs is 1. The first-order valence-electron chi connectivity index (χ1n) is 5.90. The van der Waals surface area contributed by atoms with Crippen LogP contribution in [0.3, 0.4) is 0 Å². The van der Waals surface area contributed by atoms with Crippen molar-refractivity contribution < 1.29 is 9.15 Å². The van der Waals surface area contributed by atoms with E-state index in [1.165, 1.54) is 0 Å². The molecule has 0 aliphatic carbocycles. The number of ether oxygens (including phenoxy) is 1. The minimum Gasteiger partial charge on any atom is -0.442 e. The summed E-state index contributed by atoms with van der Waals surface area (Å²) in [6.45, 7) is 1.98. The van der Waals surface area contributed by atoms with Gasteiger partial charge in [-0.2, -0.15) is 4.98 Å². The molecule has 1 atom stereocenters. The molecule has 90 valence electrons. The first kappa shape index (κ1) is 10.8. The maximum Gasteiger partial charge on any atom is 0.395 e. The number of nitrogens with zero attached hydrogens (tertiary/aromatic N) is 1. The van der Waals surface area contributed by atoms with Crippen molar-refractivity contribution in [2.24, 2.45) is 0 Å². The Hall–Kier alpha value is -2.29. The van der Waals surface area contributed by atoms with E-state index in [0.29, 0.717) is 6.08 Å². The zero-order chi connectivity index (χ0) is 12.4. The lowest BCUT2D eigenvalue weighted by Crippen LogP contribution is -2.02. The van der Waals surface area contributed by atoms with E-state index in [0.717, 1.165) is 16.7 Å². The highest BCUT2D eigenvalue weighted by atomic mass is 16.6. The van der Waals surface area contributed by atoms with Gasteiger partial charge in [-0.05, 0) is 24.6 Å². The fraction of sp³-hybridized carbons (Fsp3) is 0.133. The smallest absolute Gasteiger partial charge is 0.395 e. The molecule has 0 saturated heterocycles. The quantitative estimate of drug-likeness (QED) is 0.693. The second kappa shape index (κ2) is 4.53. The van der Waals surface area contributed by atoms with Crippen LogP contribution in [0.25, 0.3) is 11.1 Å². The Bertz CT molecular complexity index is 613. The van der Waals surface area contributed by atoms with Crippen molar-refractivity contribution in [3.05, 3.63) is 60.2 Å². The van der Waals surface area contributed by atoms with Gasteiger partial charge >= 0.3 is 6.08 Å². The van der Waals surface area contributed by atoms with Crippen LogP contribution in [0, 0.1) is 0 Å². The standard InChI is InChI=1S/C15H13NO2/c1-11(12-7-3-2-4-8-12)17-15-16-13-9-5-6-10-14(13)18-15/h2-11H,1H3. The van der Waals surface area contributed by atoms with Gasteiger partial charge in [-0.25, -0.2) is 0 Å². The van der Waals surface area contributed by atoms with Crippen LogP contribution >= 0.6 is 0 Å². The minimum atomic E-state index is -0.0840. The van der Waals surface area contributed by atoms with Crippen molar-refractivity contribution in [3.8, 4) is 6.08 Å². The van der Waals surface area contributed by atoms with Crippen LogP contribution in [0.15, 0.2) is 59.0 Å². The number of oxazole rings is 1. The van der Waals surface area contributed by atoms with Crippen molar-refractivity contribution in [1.29, 1.82) is 0 Å². The van der Waals surface area contributed by atoms with Crippen LogP contribution in [0.5, 0.6) is 6.08 Å². The summed E-state index contributed by atoms with van der Waals surface area (Å²) in [6, 6.07) is 17.6. The Labute approximate surface area is 105 Å². The third-order valence-electron chi connectivity index (χ3n) is 2.82. The molecule has 1 unspecified atom stereocenters. The van der Waals surface area contributed by atoms with Gasteiger partial charge in [-0.15, -0.1) is 0 Å².